The number of unbranched alkanes of at least 4 members (excludes halogenated alkanes) is 1. The monoisotopic (exact) mass is 367 g/mol. The second-order valence-electron chi connectivity index (χ2n) is 6.78. The minimum absolute atomic E-state index is 0.380. The van der Waals surface area contributed by atoms with Crippen LogP contribution in [0.15, 0.2) is 30.8 Å². The summed E-state index contributed by atoms with van der Waals surface area (Å²) in [6, 6.07) is 8.38. The highest BCUT2D eigenvalue weighted by Gasteiger charge is 2.24. The highest BCUT2D eigenvalue weighted by Crippen LogP contribution is 2.42. The van der Waals surface area contributed by atoms with Crippen molar-refractivity contribution < 1.29 is 0 Å². The normalized spacial score (nSPS) is 10.7. The molecular formula is C22H29N3S. The molecule has 0 unspecified atom stereocenters. The van der Waals surface area contributed by atoms with Crippen molar-refractivity contribution in [2.75, 3.05) is 4.90 Å². The SMILES string of the molecule is C=C(c1ccc(C)cc1)c1c(N(C(C)=N)C(=N)CCCC)sc(C)c1C. The first kappa shape index (κ1) is 20.1. The van der Waals surface area contributed by atoms with Crippen LogP contribution in [0.3, 0.4) is 0 Å². The molecule has 0 bridgehead atoms. The maximum atomic E-state index is 8.53. The van der Waals surface area contributed by atoms with Gasteiger partial charge in [-0.3, -0.25) is 15.7 Å². The third-order valence-electron chi connectivity index (χ3n) is 4.64. The number of thiophene rings is 1. The Morgan fingerprint density at radius 1 is 1.12 bits per heavy atom. The smallest absolute Gasteiger partial charge is 0.110 e. The van der Waals surface area contributed by atoms with Crippen LogP contribution < -0.4 is 4.90 Å². The summed E-state index contributed by atoms with van der Waals surface area (Å²) in [5, 5.41) is 17.7. The fourth-order valence-electron chi connectivity index (χ4n) is 2.95. The number of anilines is 1. The molecule has 0 atom stereocenters. The minimum atomic E-state index is 0.380. The number of hydrogen-bond donors (Lipinski definition) is 2. The topological polar surface area (TPSA) is 50.9 Å². The van der Waals surface area contributed by atoms with Gasteiger partial charge >= 0.3 is 0 Å². The molecule has 4 heteroatoms. The zero-order chi connectivity index (χ0) is 19.4. The molecule has 2 aromatic rings. The van der Waals surface area contributed by atoms with E-state index in [0.29, 0.717) is 18.1 Å². The number of nitrogens with zero attached hydrogens (tertiary/aromatic N) is 1. The Bertz CT molecular complexity index is 828. The molecule has 1 aromatic heterocycles. The van der Waals surface area contributed by atoms with E-state index in [9.17, 15) is 0 Å². The zero-order valence-corrected chi connectivity index (χ0v) is 17.3. The Hall–Kier alpha value is -2.20. The van der Waals surface area contributed by atoms with E-state index in [0.717, 1.165) is 34.5 Å². The maximum Gasteiger partial charge on any atom is 0.110 e. The van der Waals surface area contributed by atoms with Gasteiger partial charge in [0.25, 0.3) is 0 Å². The summed E-state index contributed by atoms with van der Waals surface area (Å²) in [5.74, 6) is 0.865. The summed E-state index contributed by atoms with van der Waals surface area (Å²) in [4.78, 5) is 2.99. The highest BCUT2D eigenvalue weighted by molar-refractivity contribution is 7.17. The number of rotatable bonds is 6. The summed E-state index contributed by atoms with van der Waals surface area (Å²) >= 11 is 1.65. The van der Waals surface area contributed by atoms with E-state index < -0.39 is 0 Å². The average molecular weight is 368 g/mol. The van der Waals surface area contributed by atoms with Crippen LogP contribution in [0.5, 0.6) is 0 Å². The molecule has 3 nitrogen and oxygen atoms in total. The van der Waals surface area contributed by atoms with E-state index in [1.54, 1.807) is 23.2 Å². The van der Waals surface area contributed by atoms with Crippen LogP contribution in [0.2, 0.25) is 0 Å². The standard InChI is InChI=1S/C22H29N3S/c1-7-8-9-20(24)25(18(6)23)22-21(15(3)17(5)26-22)16(4)19-12-10-14(2)11-13-19/h10-13,23-24H,4,7-9H2,1-3,5-6H3. The third-order valence-corrected chi connectivity index (χ3v) is 5.84. The van der Waals surface area contributed by atoms with Crippen LogP contribution in [0.25, 0.3) is 5.57 Å². The summed E-state index contributed by atoms with van der Waals surface area (Å²) in [5.41, 5.74) is 5.50. The van der Waals surface area contributed by atoms with Crippen molar-refractivity contribution in [2.45, 2.75) is 53.9 Å². The van der Waals surface area contributed by atoms with Gasteiger partial charge in [-0.1, -0.05) is 49.8 Å². The van der Waals surface area contributed by atoms with Crippen molar-refractivity contribution in [3.63, 3.8) is 0 Å². The summed E-state index contributed by atoms with van der Waals surface area (Å²) in [7, 11) is 0. The van der Waals surface area contributed by atoms with Gasteiger partial charge < -0.3 is 0 Å². The molecule has 0 spiro atoms. The van der Waals surface area contributed by atoms with E-state index in [-0.39, 0.29) is 0 Å². The Labute approximate surface area is 161 Å². The molecule has 1 heterocycles. The fourth-order valence-corrected chi connectivity index (χ4v) is 4.22. The molecule has 0 amide bonds. The van der Waals surface area contributed by atoms with Gasteiger partial charge in [0.05, 0.1) is 0 Å². The van der Waals surface area contributed by atoms with E-state index in [1.165, 1.54) is 16.0 Å². The molecule has 0 aliphatic heterocycles. The lowest BCUT2D eigenvalue weighted by Gasteiger charge is -2.25. The maximum absolute atomic E-state index is 8.53. The van der Waals surface area contributed by atoms with Crippen molar-refractivity contribution in [3.05, 3.63) is 58.0 Å². The predicted octanol–water partition coefficient (Wildman–Crippen LogP) is 6.71. The lowest BCUT2D eigenvalue weighted by Crippen LogP contribution is -2.34. The number of amidine groups is 2. The first-order valence-electron chi connectivity index (χ1n) is 9.06. The van der Waals surface area contributed by atoms with Crippen molar-refractivity contribution in [3.8, 4) is 0 Å². The lowest BCUT2D eigenvalue weighted by molar-refractivity contribution is 0.827. The van der Waals surface area contributed by atoms with Crippen molar-refractivity contribution in [1.29, 1.82) is 10.8 Å². The second-order valence-corrected chi connectivity index (χ2v) is 7.98. The van der Waals surface area contributed by atoms with Crippen molar-refractivity contribution in [1.82, 2.24) is 0 Å². The molecule has 0 saturated heterocycles. The van der Waals surface area contributed by atoms with Crippen molar-refractivity contribution in [2.24, 2.45) is 0 Å². The Morgan fingerprint density at radius 2 is 1.73 bits per heavy atom. The average Bonchev–Trinajstić information content (AvgIpc) is 2.87. The van der Waals surface area contributed by atoms with Crippen LogP contribution in [0, 0.1) is 31.6 Å². The van der Waals surface area contributed by atoms with E-state index in [1.807, 2.05) is 0 Å². The van der Waals surface area contributed by atoms with E-state index in [2.05, 4.69) is 58.5 Å². The Kier molecular flexibility index (Phi) is 6.54. The Morgan fingerprint density at radius 3 is 2.27 bits per heavy atom. The predicted molar refractivity (Wildman–Crippen MR) is 116 cm³/mol. The summed E-state index contributed by atoms with van der Waals surface area (Å²) in [6.45, 7) is 14.5. The first-order chi connectivity index (χ1) is 12.3. The van der Waals surface area contributed by atoms with Crippen LogP contribution >= 0.6 is 11.3 Å². The van der Waals surface area contributed by atoms with Gasteiger partial charge in [-0.25, -0.2) is 0 Å². The summed E-state index contributed by atoms with van der Waals surface area (Å²) < 4.78 is 0. The van der Waals surface area contributed by atoms with E-state index in [4.69, 9.17) is 10.8 Å². The molecule has 2 N–H and O–H groups in total. The number of nitrogens with one attached hydrogen (secondary N) is 2. The zero-order valence-electron chi connectivity index (χ0n) is 16.5. The lowest BCUT2D eigenvalue weighted by atomic mass is 9.96. The Balaban J connectivity index is 2.54. The summed E-state index contributed by atoms with van der Waals surface area (Å²) in [6.07, 6.45) is 2.68. The van der Waals surface area contributed by atoms with Gasteiger partial charge in [0.1, 0.15) is 16.7 Å². The fraction of sp³-hybridized carbons (Fsp3) is 0.364. The van der Waals surface area contributed by atoms with Gasteiger partial charge in [-0.05, 0) is 50.8 Å². The molecule has 1 aromatic carbocycles. The van der Waals surface area contributed by atoms with Crippen molar-refractivity contribution >= 4 is 33.6 Å². The largest absolute Gasteiger partial charge is 0.288 e. The number of hydrogen-bond acceptors (Lipinski definition) is 3. The molecule has 26 heavy (non-hydrogen) atoms. The van der Waals surface area contributed by atoms with Crippen LogP contribution in [0.1, 0.15) is 60.2 Å². The quantitative estimate of drug-likeness (QED) is 0.433. The molecule has 0 fully saturated rings. The molecule has 138 valence electrons. The highest BCUT2D eigenvalue weighted by atomic mass is 32.1. The molecule has 2 rings (SSSR count). The molecule has 0 radical (unpaired) electrons. The van der Waals surface area contributed by atoms with Gasteiger partial charge in [-0.15, -0.1) is 11.3 Å². The minimum Gasteiger partial charge on any atom is -0.288 e. The second kappa shape index (κ2) is 8.45. The third kappa shape index (κ3) is 4.13. The molecule has 0 aliphatic rings. The van der Waals surface area contributed by atoms with Crippen LogP contribution in [-0.4, -0.2) is 11.7 Å². The van der Waals surface area contributed by atoms with Gasteiger partial charge in [-0.2, -0.15) is 0 Å². The molecule has 0 aliphatic carbocycles. The van der Waals surface area contributed by atoms with Gasteiger partial charge in [0.15, 0.2) is 0 Å². The number of aryl methyl sites for hydroxylation is 2. The van der Waals surface area contributed by atoms with Gasteiger partial charge in [0.2, 0.25) is 0 Å². The van der Waals surface area contributed by atoms with E-state index >= 15 is 0 Å². The van der Waals surface area contributed by atoms with Crippen LogP contribution in [-0.2, 0) is 0 Å². The van der Waals surface area contributed by atoms with Gasteiger partial charge in [0, 0.05) is 16.9 Å². The molecular weight excluding hydrogens is 338 g/mol. The number of benzene rings is 1. The first-order valence-corrected chi connectivity index (χ1v) is 9.88. The molecule has 0 saturated carbocycles. The van der Waals surface area contributed by atoms with Crippen LogP contribution in [0.4, 0.5) is 5.00 Å².